The molecule has 0 radical (unpaired) electrons. The summed E-state index contributed by atoms with van der Waals surface area (Å²) in [5, 5.41) is 9.47. The number of benzene rings is 1. The van der Waals surface area contributed by atoms with Crippen molar-refractivity contribution in [2.75, 3.05) is 20.2 Å². The second kappa shape index (κ2) is 9.37. The molecule has 0 amide bonds. The van der Waals surface area contributed by atoms with Crippen molar-refractivity contribution in [1.82, 2.24) is 19.9 Å². The van der Waals surface area contributed by atoms with Gasteiger partial charge in [-0.3, -0.25) is 14.6 Å². The Bertz CT molecular complexity index is 1370. The molecule has 0 unspecified atom stereocenters. The van der Waals surface area contributed by atoms with E-state index >= 15 is 0 Å². The summed E-state index contributed by atoms with van der Waals surface area (Å²) in [6, 6.07) is 8.59. The van der Waals surface area contributed by atoms with Gasteiger partial charge < -0.3 is 19.7 Å². The van der Waals surface area contributed by atoms with E-state index in [2.05, 4.69) is 19.9 Å². The lowest BCUT2D eigenvalue weighted by atomic mass is 9.69. The number of pyridine rings is 1. The quantitative estimate of drug-likeness (QED) is 0.478. The van der Waals surface area contributed by atoms with Crippen LogP contribution in [-0.2, 0) is 9.53 Å². The maximum atomic E-state index is 13.4. The molecule has 5 rings (SSSR count). The Balaban J connectivity index is 1.30. The van der Waals surface area contributed by atoms with Crippen LogP contribution in [0, 0.1) is 5.41 Å². The maximum absolute atomic E-state index is 13.4. The lowest BCUT2D eigenvalue weighted by Gasteiger charge is -2.37. The minimum atomic E-state index is -1.50. The fraction of sp³-hybridized carbons (Fsp3) is 0.269. The molecule has 1 aromatic carbocycles. The van der Waals surface area contributed by atoms with E-state index in [-0.39, 0.29) is 12.2 Å². The van der Waals surface area contributed by atoms with Gasteiger partial charge in [0.1, 0.15) is 17.7 Å². The standard InChI is InChI=1S/C26H24FN5O4/c1-32-14-22(36-15-26(25(34)35)9-4-10-26)29-13-21(32)16-7-8-19(28-11-16)24-30-12-20(31-24)17-5-2-3-6-18(17)23(27)33/h2-3,5-8,11-13H,4,9-10,14-15H2,1H3,(H,30,31)(H,34,35). The van der Waals surface area contributed by atoms with Gasteiger partial charge in [0.15, 0.2) is 5.82 Å². The first kappa shape index (κ1) is 23.4. The van der Waals surface area contributed by atoms with Crippen molar-refractivity contribution in [3.63, 3.8) is 0 Å². The van der Waals surface area contributed by atoms with Crippen LogP contribution in [0.1, 0.15) is 35.2 Å². The van der Waals surface area contributed by atoms with E-state index in [1.165, 1.54) is 6.07 Å². The van der Waals surface area contributed by atoms with Gasteiger partial charge >= 0.3 is 12.0 Å². The highest BCUT2D eigenvalue weighted by atomic mass is 19.1. The smallest absolute Gasteiger partial charge is 0.332 e. The predicted octanol–water partition coefficient (Wildman–Crippen LogP) is 4.16. The van der Waals surface area contributed by atoms with Crippen molar-refractivity contribution in [2.24, 2.45) is 10.4 Å². The van der Waals surface area contributed by atoms with Crippen molar-refractivity contribution in [3.05, 3.63) is 66.1 Å². The van der Waals surface area contributed by atoms with Crippen LogP contribution in [0.25, 0.3) is 28.5 Å². The van der Waals surface area contributed by atoms with Crippen LogP contribution >= 0.6 is 0 Å². The Morgan fingerprint density at radius 3 is 2.61 bits per heavy atom. The van der Waals surface area contributed by atoms with Gasteiger partial charge in [0, 0.05) is 24.4 Å². The number of halogens is 1. The summed E-state index contributed by atoms with van der Waals surface area (Å²) >= 11 is 0. The molecule has 36 heavy (non-hydrogen) atoms. The number of nitrogens with zero attached hydrogens (tertiary/aromatic N) is 4. The monoisotopic (exact) mass is 489 g/mol. The fourth-order valence-corrected chi connectivity index (χ4v) is 4.35. The van der Waals surface area contributed by atoms with Gasteiger partial charge in [-0.15, -0.1) is 0 Å². The van der Waals surface area contributed by atoms with E-state index < -0.39 is 17.4 Å². The van der Waals surface area contributed by atoms with Crippen LogP contribution in [0.3, 0.4) is 0 Å². The van der Waals surface area contributed by atoms with E-state index in [1.807, 2.05) is 24.1 Å². The number of carboxylic acid groups (broad SMARTS) is 1. The SMILES string of the molecule is CN1CC(OCC2(C(=O)O)CCC2)=NC=C1c1ccc(-c2ncc(-c3ccccc3C(=O)F)[nH]2)nc1. The summed E-state index contributed by atoms with van der Waals surface area (Å²) in [6.07, 6.45) is 7.08. The number of hydrogen-bond acceptors (Lipinski definition) is 7. The number of H-pyrrole nitrogens is 1. The first-order valence-corrected chi connectivity index (χ1v) is 11.5. The van der Waals surface area contributed by atoms with E-state index in [4.69, 9.17) is 4.74 Å². The molecule has 0 atom stereocenters. The van der Waals surface area contributed by atoms with E-state index in [0.29, 0.717) is 48.1 Å². The lowest BCUT2D eigenvalue weighted by Crippen LogP contribution is -2.43. The highest BCUT2D eigenvalue weighted by Gasteiger charge is 2.45. The number of aliphatic imine (C=N–C) groups is 1. The van der Waals surface area contributed by atoms with Crippen LogP contribution in [0.2, 0.25) is 0 Å². The fourth-order valence-electron chi connectivity index (χ4n) is 4.35. The number of hydrogen-bond donors (Lipinski definition) is 2. The van der Waals surface area contributed by atoms with Gasteiger partial charge in [-0.2, -0.15) is 4.39 Å². The molecular formula is C26H24FN5O4. The Kier molecular flexibility index (Phi) is 6.09. The first-order chi connectivity index (χ1) is 17.4. The van der Waals surface area contributed by atoms with Crippen LogP contribution in [0.15, 0.2) is 60.0 Å². The molecule has 0 spiro atoms. The van der Waals surface area contributed by atoms with Gasteiger partial charge in [-0.1, -0.05) is 24.6 Å². The number of aliphatic carboxylic acids is 1. The minimum Gasteiger partial charge on any atom is -0.481 e. The largest absolute Gasteiger partial charge is 0.481 e. The van der Waals surface area contributed by atoms with Crippen molar-refractivity contribution >= 4 is 23.6 Å². The number of carbonyl (C=O) groups is 2. The van der Waals surface area contributed by atoms with Crippen LogP contribution in [0.4, 0.5) is 4.39 Å². The second-order valence-electron chi connectivity index (χ2n) is 9.02. The summed E-state index contributed by atoms with van der Waals surface area (Å²) in [5.74, 6) is 0.152. The van der Waals surface area contributed by atoms with Gasteiger partial charge in [-0.25, -0.2) is 9.98 Å². The normalized spacial score (nSPS) is 16.6. The third-order valence-corrected chi connectivity index (χ3v) is 6.70. The molecule has 1 saturated carbocycles. The molecule has 0 saturated heterocycles. The number of nitrogens with one attached hydrogen (secondary N) is 1. The zero-order valence-electron chi connectivity index (χ0n) is 19.6. The summed E-state index contributed by atoms with van der Waals surface area (Å²) in [6.45, 7) is 0.543. The molecule has 1 aliphatic heterocycles. The van der Waals surface area contributed by atoms with Crippen LogP contribution in [0.5, 0.6) is 0 Å². The maximum Gasteiger partial charge on any atom is 0.332 e. The van der Waals surface area contributed by atoms with Gasteiger partial charge in [0.25, 0.3) is 0 Å². The molecule has 9 nitrogen and oxygen atoms in total. The van der Waals surface area contributed by atoms with Crippen LogP contribution < -0.4 is 0 Å². The molecule has 184 valence electrons. The van der Waals surface area contributed by atoms with E-state index in [9.17, 15) is 19.1 Å². The third kappa shape index (κ3) is 4.37. The van der Waals surface area contributed by atoms with Crippen molar-refractivity contribution in [1.29, 1.82) is 0 Å². The Morgan fingerprint density at radius 1 is 1.17 bits per heavy atom. The Labute approximate surface area is 206 Å². The summed E-state index contributed by atoms with van der Waals surface area (Å²) in [5.41, 5.74) is 2.38. The summed E-state index contributed by atoms with van der Waals surface area (Å²) in [7, 11) is 1.90. The molecule has 1 aliphatic carbocycles. The number of aromatic nitrogens is 3. The predicted molar refractivity (Wildman–Crippen MR) is 131 cm³/mol. The molecular weight excluding hydrogens is 465 g/mol. The Morgan fingerprint density at radius 2 is 1.97 bits per heavy atom. The molecule has 3 heterocycles. The molecule has 0 bridgehead atoms. The number of ether oxygens (including phenoxy) is 1. The average Bonchev–Trinajstić information content (AvgIpc) is 3.34. The summed E-state index contributed by atoms with van der Waals surface area (Å²) < 4.78 is 19.2. The number of aromatic amines is 1. The van der Waals surface area contributed by atoms with Gasteiger partial charge in [0.2, 0.25) is 5.90 Å². The number of carbonyl (C=O) groups excluding carboxylic acids is 1. The third-order valence-electron chi connectivity index (χ3n) is 6.70. The van der Waals surface area contributed by atoms with Crippen LogP contribution in [-0.4, -0.2) is 63.1 Å². The van der Waals surface area contributed by atoms with E-state index in [0.717, 1.165) is 17.7 Å². The zero-order chi connectivity index (χ0) is 25.3. The minimum absolute atomic E-state index is 0.0296. The molecule has 2 aliphatic rings. The average molecular weight is 490 g/mol. The Hall–Kier alpha value is -4.34. The van der Waals surface area contributed by atoms with Crippen molar-refractivity contribution in [3.8, 4) is 22.8 Å². The van der Waals surface area contributed by atoms with Crippen molar-refractivity contribution < 1.29 is 23.8 Å². The number of carboxylic acids is 1. The van der Waals surface area contributed by atoms with Gasteiger partial charge in [0.05, 0.1) is 35.9 Å². The number of likely N-dealkylation sites (N-methyl/N-ethyl adjacent to an activating group) is 1. The van der Waals surface area contributed by atoms with Crippen molar-refractivity contribution in [2.45, 2.75) is 19.3 Å². The van der Waals surface area contributed by atoms with E-state index in [1.54, 1.807) is 36.8 Å². The topological polar surface area (TPSA) is 121 Å². The summed E-state index contributed by atoms with van der Waals surface area (Å²) in [4.78, 5) is 41.1. The highest BCUT2D eigenvalue weighted by molar-refractivity contribution is 5.96. The number of imidazole rings is 1. The number of rotatable bonds is 7. The highest BCUT2D eigenvalue weighted by Crippen LogP contribution is 2.41. The molecule has 10 heteroatoms. The first-order valence-electron chi connectivity index (χ1n) is 11.5. The molecule has 3 aromatic rings. The second-order valence-corrected chi connectivity index (χ2v) is 9.02. The zero-order valence-corrected chi connectivity index (χ0v) is 19.6. The van der Waals surface area contributed by atoms with Gasteiger partial charge in [-0.05, 0) is 31.0 Å². The molecule has 2 aromatic heterocycles. The molecule has 1 fully saturated rings. The molecule has 2 N–H and O–H groups in total. The lowest BCUT2D eigenvalue weighted by molar-refractivity contribution is -0.157.